The first-order valence-electron chi connectivity index (χ1n) is 1.50. The largest absolute Gasteiger partial charge is 0.538 e. The molecule has 0 heterocycles. The van der Waals surface area contributed by atoms with Gasteiger partial charge in [-0.3, -0.25) is 0 Å². The molecule has 0 saturated heterocycles. The molecule has 0 aromatic rings. The number of hydrogen-bond acceptors (Lipinski definition) is 2. The van der Waals surface area contributed by atoms with Crippen LogP contribution in [-0.4, -0.2) is 19.1 Å². The summed E-state index contributed by atoms with van der Waals surface area (Å²) >= 11 is 0. The molecule has 0 aliphatic rings. The summed E-state index contributed by atoms with van der Waals surface area (Å²) < 4.78 is 9.93. The molecule has 1 atom stereocenters. The van der Waals surface area contributed by atoms with Crippen LogP contribution in [0.5, 0.6) is 0 Å². The molecule has 0 saturated carbocycles. The number of hydrogen-bond donors (Lipinski definition) is 0. The van der Waals surface area contributed by atoms with Gasteiger partial charge in [0.25, 0.3) is 0 Å². The third kappa shape index (κ3) is 10.7. The van der Waals surface area contributed by atoms with Crippen molar-refractivity contribution in [2.24, 2.45) is 0 Å². The van der Waals surface area contributed by atoms with E-state index in [1.807, 2.05) is 0 Å². The van der Waals surface area contributed by atoms with Crippen molar-refractivity contribution >= 4 is 14.1 Å². The molecule has 0 aromatic carbocycles. The Hall–Kier alpha value is 0.458. The molecular formula is C3H5O2PW. The Bertz CT molecular complexity index is 73.3. The van der Waals surface area contributed by atoms with Gasteiger partial charge in [-0.15, -0.1) is 0 Å². The van der Waals surface area contributed by atoms with Gasteiger partial charge in [-0.25, -0.2) is 6.29 Å². The molecule has 0 spiro atoms. The summed E-state index contributed by atoms with van der Waals surface area (Å²) in [5.41, 5.74) is 0. The minimum Gasteiger partial charge on any atom is -0.538 e. The van der Waals surface area contributed by atoms with Crippen LogP contribution in [0.2, 0.25) is 0 Å². The molecule has 0 aliphatic carbocycles. The zero-order valence-electron chi connectivity index (χ0n) is 3.88. The zero-order chi connectivity index (χ0) is 4.99. The van der Waals surface area contributed by atoms with E-state index in [9.17, 15) is 9.36 Å². The Labute approximate surface area is 57.7 Å². The molecule has 0 radical (unpaired) electrons. The van der Waals surface area contributed by atoms with Crippen molar-refractivity contribution in [1.29, 1.82) is 0 Å². The Morgan fingerprint density at radius 2 is 2.14 bits per heavy atom. The van der Waals surface area contributed by atoms with Crippen LogP contribution in [0, 0.1) is 0 Å². The Balaban J connectivity index is 0. The summed E-state index contributed by atoms with van der Waals surface area (Å²) in [5.74, 6) is 0. The van der Waals surface area contributed by atoms with Crippen molar-refractivity contribution in [3.8, 4) is 0 Å². The van der Waals surface area contributed by atoms with Gasteiger partial charge in [0.1, 0.15) is 6.66 Å². The monoisotopic (exact) mass is 288 g/mol. The van der Waals surface area contributed by atoms with Gasteiger partial charge < -0.3 is 4.79 Å². The van der Waals surface area contributed by atoms with Gasteiger partial charge in [-0.05, 0) is 0 Å². The molecule has 0 aliphatic heterocycles. The molecule has 40 valence electrons. The molecule has 1 unspecified atom stereocenters. The maximum absolute atomic E-state index is 9.93. The molecule has 2 nitrogen and oxygen atoms in total. The molecule has 0 N–H and O–H groups in total. The van der Waals surface area contributed by atoms with E-state index >= 15 is 0 Å². The Morgan fingerprint density at radius 1 is 1.71 bits per heavy atom. The maximum atomic E-state index is 9.93. The minimum absolute atomic E-state index is 0. The van der Waals surface area contributed by atoms with Crippen molar-refractivity contribution in [1.82, 2.24) is 0 Å². The van der Waals surface area contributed by atoms with Gasteiger partial charge in [-0.2, -0.15) is 0 Å². The second-order valence-corrected chi connectivity index (χ2v) is 2.50. The maximum Gasteiger partial charge on any atom is 0.307 e. The quantitative estimate of drug-likeness (QED) is 0.549. The van der Waals surface area contributed by atoms with E-state index in [2.05, 4.69) is 0 Å². The van der Waals surface area contributed by atoms with Gasteiger partial charge in [0, 0.05) is 21.1 Å². The van der Waals surface area contributed by atoms with E-state index in [1.54, 1.807) is 0 Å². The van der Waals surface area contributed by atoms with Gasteiger partial charge in [0.2, 0.25) is 0 Å². The predicted octanol–water partition coefficient (Wildman–Crippen LogP) is 0.551. The first-order valence-corrected chi connectivity index (χ1v) is 3.40. The molecule has 4 heteroatoms. The van der Waals surface area contributed by atoms with Crippen LogP contribution in [0.4, 0.5) is 0 Å². The standard InChI is InChI=1S/C3H5O2P.W/c1-6(5)3-2-4;/h3H2,1H3;. The van der Waals surface area contributed by atoms with Crippen molar-refractivity contribution < 1.29 is 30.4 Å². The van der Waals surface area contributed by atoms with Crippen LogP contribution in [0.3, 0.4) is 0 Å². The molecule has 0 aromatic heterocycles. The van der Waals surface area contributed by atoms with Crippen molar-refractivity contribution in [2.75, 3.05) is 12.8 Å². The van der Waals surface area contributed by atoms with E-state index in [0.717, 1.165) is 0 Å². The van der Waals surface area contributed by atoms with Crippen LogP contribution >= 0.6 is 7.80 Å². The van der Waals surface area contributed by atoms with Crippen LogP contribution in [0.25, 0.3) is 0 Å². The normalized spacial score (nSPS) is 9.00. The van der Waals surface area contributed by atoms with Gasteiger partial charge in [-0.1, -0.05) is 4.57 Å². The summed E-state index contributed by atoms with van der Waals surface area (Å²) in [6.07, 6.45) is 1.61. The SMILES string of the molecule is C[P+](=O)C[C-]=O.[W]. The topological polar surface area (TPSA) is 34.1 Å². The van der Waals surface area contributed by atoms with Crippen LogP contribution in [0.1, 0.15) is 0 Å². The fourth-order valence-electron chi connectivity index (χ4n) is 0.0909. The van der Waals surface area contributed by atoms with E-state index < -0.39 is 7.80 Å². The Morgan fingerprint density at radius 3 is 2.14 bits per heavy atom. The van der Waals surface area contributed by atoms with Gasteiger partial charge in [0.15, 0.2) is 0 Å². The number of rotatable bonds is 2. The van der Waals surface area contributed by atoms with E-state index in [0.29, 0.717) is 0 Å². The number of carbonyl (C=O) groups excluding carboxylic acids is 1. The average molecular weight is 288 g/mol. The van der Waals surface area contributed by atoms with Gasteiger partial charge in [0.05, 0.1) is 6.16 Å². The first-order chi connectivity index (χ1) is 2.77. The predicted molar refractivity (Wildman–Crippen MR) is 24.1 cm³/mol. The zero-order valence-corrected chi connectivity index (χ0v) is 7.71. The minimum atomic E-state index is -1.27. The molecule has 0 amide bonds. The second kappa shape index (κ2) is 6.46. The summed E-state index contributed by atoms with van der Waals surface area (Å²) in [5, 5.41) is 0. The van der Waals surface area contributed by atoms with Crippen LogP contribution < -0.4 is 0 Å². The van der Waals surface area contributed by atoms with Crippen LogP contribution in [-0.2, 0) is 30.4 Å². The summed E-state index contributed by atoms with van der Waals surface area (Å²) in [6.45, 7) is 1.50. The smallest absolute Gasteiger partial charge is 0.307 e. The first kappa shape index (κ1) is 10.4. The average Bonchev–Trinajstić information content (AvgIpc) is 1.35. The fourth-order valence-corrected chi connectivity index (χ4v) is 0.273. The molecular weight excluding hydrogens is 283 g/mol. The van der Waals surface area contributed by atoms with Crippen LogP contribution in [0.15, 0.2) is 0 Å². The van der Waals surface area contributed by atoms with E-state index in [4.69, 9.17) is 0 Å². The molecule has 0 rings (SSSR count). The van der Waals surface area contributed by atoms with E-state index in [-0.39, 0.29) is 27.2 Å². The fraction of sp³-hybridized carbons (Fsp3) is 0.667. The van der Waals surface area contributed by atoms with Gasteiger partial charge >= 0.3 is 7.80 Å². The van der Waals surface area contributed by atoms with Crippen molar-refractivity contribution in [3.05, 3.63) is 0 Å². The third-order valence-electron chi connectivity index (χ3n) is 0.287. The third-order valence-corrected chi connectivity index (χ3v) is 0.862. The molecule has 7 heavy (non-hydrogen) atoms. The molecule has 0 bridgehead atoms. The Kier molecular flexibility index (Phi) is 9.63. The molecule has 0 fully saturated rings. The summed E-state index contributed by atoms with van der Waals surface area (Å²) in [7, 11) is -1.27. The van der Waals surface area contributed by atoms with Crippen molar-refractivity contribution in [2.45, 2.75) is 0 Å². The second-order valence-electron chi connectivity index (χ2n) is 0.930. The summed E-state index contributed by atoms with van der Waals surface area (Å²) in [4.78, 5) is 9.31. The summed E-state index contributed by atoms with van der Waals surface area (Å²) in [6, 6.07) is 0. The van der Waals surface area contributed by atoms with E-state index in [1.165, 1.54) is 13.0 Å². The van der Waals surface area contributed by atoms with Crippen molar-refractivity contribution in [3.63, 3.8) is 0 Å².